The van der Waals surface area contributed by atoms with Crippen molar-refractivity contribution >= 4 is 43.8 Å². The van der Waals surface area contributed by atoms with E-state index in [0.717, 1.165) is 41.4 Å². The maximum atomic E-state index is 13.7. The molecular formula is C26H25ClFN5O2S. The monoisotopic (exact) mass is 525 g/mol. The lowest BCUT2D eigenvalue weighted by molar-refractivity contribution is 0.292. The van der Waals surface area contributed by atoms with Crippen molar-refractivity contribution in [3.8, 4) is 11.4 Å². The van der Waals surface area contributed by atoms with Crippen LogP contribution in [0.2, 0.25) is 5.02 Å². The maximum absolute atomic E-state index is 13.7. The zero-order chi connectivity index (χ0) is 25.1. The Morgan fingerprint density at radius 1 is 1.06 bits per heavy atom. The number of halogens is 2. The highest BCUT2D eigenvalue weighted by Crippen LogP contribution is 2.30. The number of rotatable bonds is 7. The Labute approximate surface area is 214 Å². The molecule has 1 saturated heterocycles. The summed E-state index contributed by atoms with van der Waals surface area (Å²) in [4.78, 5) is 15.9. The average molecular weight is 526 g/mol. The van der Waals surface area contributed by atoms with E-state index in [2.05, 4.69) is 27.3 Å². The van der Waals surface area contributed by atoms with Crippen molar-refractivity contribution in [2.45, 2.75) is 12.8 Å². The van der Waals surface area contributed by atoms with Gasteiger partial charge in [0.2, 0.25) is 0 Å². The van der Waals surface area contributed by atoms with Gasteiger partial charge in [0.1, 0.15) is 11.6 Å². The first-order valence-electron chi connectivity index (χ1n) is 11.7. The van der Waals surface area contributed by atoms with Crippen molar-refractivity contribution in [1.82, 2.24) is 19.9 Å². The molecule has 0 atom stereocenters. The number of hydrogen-bond donors (Lipinski definition) is 1. The van der Waals surface area contributed by atoms with Crippen LogP contribution in [0.25, 0.3) is 22.3 Å². The van der Waals surface area contributed by atoms with E-state index >= 15 is 0 Å². The molecule has 36 heavy (non-hydrogen) atoms. The Morgan fingerprint density at radius 2 is 1.89 bits per heavy atom. The van der Waals surface area contributed by atoms with Gasteiger partial charge in [-0.3, -0.25) is 4.98 Å². The van der Waals surface area contributed by atoms with Crippen molar-refractivity contribution in [3.05, 3.63) is 77.3 Å². The first kappa shape index (κ1) is 24.5. The Balaban J connectivity index is 1.41. The zero-order valence-electron chi connectivity index (χ0n) is 19.5. The van der Waals surface area contributed by atoms with Gasteiger partial charge in [-0.05, 0) is 67.4 Å². The summed E-state index contributed by atoms with van der Waals surface area (Å²) in [7, 11) is -2.87. The molecule has 0 aliphatic carbocycles. The molecule has 2 aromatic heterocycles. The van der Waals surface area contributed by atoms with E-state index in [0.29, 0.717) is 30.4 Å². The average Bonchev–Trinajstić information content (AvgIpc) is 2.88. The molecule has 186 valence electrons. The normalized spacial score (nSPS) is 15.7. The fourth-order valence-electron chi connectivity index (χ4n) is 4.24. The Kier molecular flexibility index (Phi) is 7.13. The van der Waals surface area contributed by atoms with Crippen molar-refractivity contribution < 1.29 is 12.8 Å². The highest BCUT2D eigenvalue weighted by Gasteiger charge is 2.21. The molecule has 0 unspecified atom stereocenters. The van der Waals surface area contributed by atoms with Crippen LogP contribution in [0.4, 0.5) is 15.9 Å². The largest absolute Gasteiger partial charge is 0.340 e. The molecule has 7 nitrogen and oxygen atoms in total. The first-order valence-corrected chi connectivity index (χ1v) is 13.9. The lowest BCUT2D eigenvalue weighted by atomic mass is 10.1. The predicted molar refractivity (Wildman–Crippen MR) is 141 cm³/mol. The first-order chi connectivity index (χ1) is 17.4. The van der Waals surface area contributed by atoms with Crippen LogP contribution in [0.3, 0.4) is 0 Å². The molecule has 1 N–H and O–H groups in total. The number of nitrogens with zero attached hydrogens (tertiary/aromatic N) is 4. The lowest BCUT2D eigenvalue weighted by Gasteiger charge is -2.26. The van der Waals surface area contributed by atoms with Gasteiger partial charge in [0.05, 0.1) is 22.0 Å². The standard InChI is InChI=1S/C26H25ClFN5O2S/c27-22-16-20(6-7-23(22)28)30-26-21-15-18(3-2-10-33-11-13-36(34,35)14-12-33)5-8-24(21)31-25(32-26)19-4-1-9-29-17-19/h1,4-9,15-17H,2-3,10-14H2,(H,30,31,32). The quantitative estimate of drug-likeness (QED) is 0.367. The summed E-state index contributed by atoms with van der Waals surface area (Å²) in [6, 6.07) is 14.3. The van der Waals surface area contributed by atoms with E-state index in [1.54, 1.807) is 18.5 Å². The van der Waals surface area contributed by atoms with Crippen LogP contribution in [0.1, 0.15) is 12.0 Å². The summed E-state index contributed by atoms with van der Waals surface area (Å²) in [5, 5.41) is 4.14. The molecule has 1 aliphatic rings. The zero-order valence-corrected chi connectivity index (χ0v) is 21.1. The van der Waals surface area contributed by atoms with Crippen molar-refractivity contribution in [2.75, 3.05) is 36.5 Å². The van der Waals surface area contributed by atoms with Crippen LogP contribution in [0, 0.1) is 5.82 Å². The molecule has 1 fully saturated rings. The molecule has 1 aliphatic heterocycles. The number of aryl methyl sites for hydroxylation is 1. The molecular weight excluding hydrogens is 501 g/mol. The number of nitrogens with one attached hydrogen (secondary N) is 1. The number of hydrogen-bond acceptors (Lipinski definition) is 7. The van der Waals surface area contributed by atoms with Crippen LogP contribution in [-0.2, 0) is 16.3 Å². The van der Waals surface area contributed by atoms with Gasteiger partial charge in [-0.15, -0.1) is 0 Å². The van der Waals surface area contributed by atoms with Crippen molar-refractivity contribution in [2.24, 2.45) is 0 Å². The minimum Gasteiger partial charge on any atom is -0.340 e. The molecule has 0 bridgehead atoms. The Bertz CT molecular complexity index is 1490. The number of benzene rings is 2. The third kappa shape index (κ3) is 5.80. The molecule has 4 aromatic rings. The third-order valence-corrected chi connectivity index (χ3v) is 8.14. The maximum Gasteiger partial charge on any atom is 0.163 e. The number of sulfone groups is 1. The van der Waals surface area contributed by atoms with Crippen LogP contribution in [0.5, 0.6) is 0 Å². The predicted octanol–water partition coefficient (Wildman–Crippen LogP) is 4.89. The molecule has 0 amide bonds. The van der Waals surface area contributed by atoms with Crippen LogP contribution < -0.4 is 5.32 Å². The highest BCUT2D eigenvalue weighted by molar-refractivity contribution is 7.91. The summed E-state index contributed by atoms with van der Waals surface area (Å²) in [5.41, 5.74) is 3.30. The van der Waals surface area contributed by atoms with Gasteiger partial charge >= 0.3 is 0 Å². The molecule has 10 heteroatoms. The number of fused-ring (bicyclic) bond motifs is 1. The van der Waals surface area contributed by atoms with Crippen molar-refractivity contribution in [3.63, 3.8) is 0 Å². The second-order valence-electron chi connectivity index (χ2n) is 8.84. The SMILES string of the molecule is O=S1(=O)CCN(CCCc2ccc3nc(-c4cccnc4)nc(Nc4ccc(F)c(Cl)c4)c3c2)CC1. The third-order valence-electron chi connectivity index (χ3n) is 6.24. The van der Waals surface area contributed by atoms with Gasteiger partial charge < -0.3 is 10.2 Å². The van der Waals surface area contributed by atoms with Gasteiger partial charge in [-0.2, -0.15) is 0 Å². The Hall–Kier alpha value is -3.14. The number of aromatic nitrogens is 3. The summed E-state index contributed by atoms with van der Waals surface area (Å²) in [6.45, 7) is 2.04. The van der Waals surface area contributed by atoms with Gasteiger partial charge in [0, 0.05) is 42.1 Å². The molecule has 0 saturated carbocycles. The molecule has 2 aromatic carbocycles. The second-order valence-corrected chi connectivity index (χ2v) is 11.6. The van der Waals surface area contributed by atoms with Gasteiger partial charge in [-0.1, -0.05) is 17.7 Å². The molecule has 0 radical (unpaired) electrons. The van der Waals surface area contributed by atoms with Gasteiger partial charge in [0.25, 0.3) is 0 Å². The van der Waals surface area contributed by atoms with Crippen LogP contribution in [-0.4, -0.2) is 59.4 Å². The molecule has 0 spiro atoms. The van der Waals surface area contributed by atoms with Crippen molar-refractivity contribution in [1.29, 1.82) is 0 Å². The summed E-state index contributed by atoms with van der Waals surface area (Å²) < 4.78 is 37.0. The van der Waals surface area contributed by atoms with E-state index in [1.807, 2.05) is 18.2 Å². The summed E-state index contributed by atoms with van der Waals surface area (Å²) in [6.07, 6.45) is 5.15. The second kappa shape index (κ2) is 10.5. The molecule has 5 rings (SSSR count). The number of anilines is 2. The topological polar surface area (TPSA) is 88.1 Å². The lowest BCUT2D eigenvalue weighted by Crippen LogP contribution is -2.40. The van der Waals surface area contributed by atoms with E-state index in [1.165, 1.54) is 12.1 Å². The van der Waals surface area contributed by atoms with E-state index in [9.17, 15) is 12.8 Å². The fourth-order valence-corrected chi connectivity index (χ4v) is 5.70. The van der Waals surface area contributed by atoms with Crippen LogP contribution in [0.15, 0.2) is 60.9 Å². The summed E-state index contributed by atoms with van der Waals surface area (Å²) in [5.74, 6) is 1.10. The Morgan fingerprint density at radius 3 is 2.64 bits per heavy atom. The van der Waals surface area contributed by atoms with E-state index in [-0.39, 0.29) is 16.5 Å². The highest BCUT2D eigenvalue weighted by atomic mass is 35.5. The summed E-state index contributed by atoms with van der Waals surface area (Å²) >= 11 is 5.99. The van der Waals surface area contributed by atoms with Gasteiger partial charge in [0.15, 0.2) is 15.7 Å². The minimum absolute atomic E-state index is 0.0250. The number of pyridine rings is 1. The van der Waals surface area contributed by atoms with E-state index < -0.39 is 15.7 Å². The van der Waals surface area contributed by atoms with E-state index in [4.69, 9.17) is 21.6 Å². The van der Waals surface area contributed by atoms with Crippen LogP contribution >= 0.6 is 11.6 Å². The van der Waals surface area contributed by atoms with Gasteiger partial charge in [-0.25, -0.2) is 22.8 Å². The molecule has 3 heterocycles. The fraction of sp³-hybridized carbons (Fsp3) is 0.269. The smallest absolute Gasteiger partial charge is 0.163 e. The minimum atomic E-state index is -2.87.